The molecule has 4 heteroatoms. The number of hydrogen-bond acceptors (Lipinski definition) is 3. The highest BCUT2D eigenvalue weighted by molar-refractivity contribution is 8.00. The molecule has 2 aliphatic heterocycles. The van der Waals surface area contributed by atoms with E-state index >= 15 is 0 Å². The molecule has 2 aromatic carbocycles. The maximum atomic E-state index is 5.68. The number of nitrogens with zero attached hydrogens (tertiary/aromatic N) is 1. The molecule has 0 aliphatic carbocycles. The van der Waals surface area contributed by atoms with Crippen LogP contribution in [0.1, 0.15) is 10.9 Å². The van der Waals surface area contributed by atoms with E-state index < -0.39 is 0 Å². The summed E-state index contributed by atoms with van der Waals surface area (Å²) in [6, 6.07) is 16.7. The molecule has 1 atom stereocenters. The molecule has 0 spiro atoms. The molecule has 0 N–H and O–H groups in total. The van der Waals surface area contributed by atoms with Crippen LogP contribution >= 0.6 is 11.8 Å². The molecular formula is C13H9BNOS. The third-order valence-electron chi connectivity index (χ3n) is 3.11. The van der Waals surface area contributed by atoms with E-state index in [1.165, 1.54) is 16.1 Å². The predicted octanol–water partition coefficient (Wildman–Crippen LogP) is 3.22. The summed E-state index contributed by atoms with van der Waals surface area (Å²) < 4.78 is 5.68. The molecule has 2 aromatic rings. The van der Waals surface area contributed by atoms with Gasteiger partial charge in [-0.1, -0.05) is 42.1 Å². The molecule has 2 heterocycles. The van der Waals surface area contributed by atoms with Crippen molar-refractivity contribution < 1.29 is 4.65 Å². The molecular weight excluding hydrogens is 229 g/mol. The fourth-order valence-electron chi connectivity index (χ4n) is 2.30. The van der Waals surface area contributed by atoms with E-state index in [4.69, 9.17) is 4.65 Å². The quantitative estimate of drug-likeness (QED) is 0.654. The zero-order chi connectivity index (χ0) is 11.2. The molecule has 4 rings (SSSR count). The fourth-order valence-corrected chi connectivity index (χ4v) is 3.59. The van der Waals surface area contributed by atoms with E-state index in [0.717, 1.165) is 5.75 Å². The van der Waals surface area contributed by atoms with Crippen molar-refractivity contribution >= 4 is 25.1 Å². The van der Waals surface area contributed by atoms with Crippen molar-refractivity contribution in [2.75, 3.05) is 4.81 Å². The maximum Gasteiger partial charge on any atom is 0.522 e. The standard InChI is InChI=1S/C13H9BNOS/c1-3-7-11-9(5-1)13-15(14-16-11)10-6-2-4-8-12(10)17-13/h1-8,13H. The van der Waals surface area contributed by atoms with Gasteiger partial charge in [-0.15, -0.1) is 0 Å². The normalized spacial score (nSPS) is 19.8. The Balaban J connectivity index is 1.85. The Morgan fingerprint density at radius 2 is 1.88 bits per heavy atom. The Morgan fingerprint density at radius 3 is 2.88 bits per heavy atom. The second-order valence-electron chi connectivity index (χ2n) is 4.11. The van der Waals surface area contributed by atoms with Crippen molar-refractivity contribution in [2.24, 2.45) is 0 Å². The lowest BCUT2D eigenvalue weighted by Gasteiger charge is -2.31. The summed E-state index contributed by atoms with van der Waals surface area (Å²) >= 11 is 1.88. The van der Waals surface area contributed by atoms with Crippen molar-refractivity contribution in [1.82, 2.24) is 0 Å². The monoisotopic (exact) mass is 238 g/mol. The molecule has 2 aliphatic rings. The number of thioether (sulfide) groups is 1. The molecule has 81 valence electrons. The Bertz CT molecular complexity index is 589. The van der Waals surface area contributed by atoms with E-state index in [9.17, 15) is 0 Å². The van der Waals surface area contributed by atoms with Crippen LogP contribution in [0.15, 0.2) is 53.4 Å². The first-order valence-electron chi connectivity index (χ1n) is 5.56. The van der Waals surface area contributed by atoms with Gasteiger partial charge < -0.3 is 9.47 Å². The van der Waals surface area contributed by atoms with Crippen molar-refractivity contribution in [3.63, 3.8) is 0 Å². The molecule has 0 bridgehead atoms. The largest absolute Gasteiger partial charge is 0.543 e. The second kappa shape index (κ2) is 3.47. The lowest BCUT2D eigenvalue weighted by atomic mass is 10.0. The molecule has 0 saturated heterocycles. The zero-order valence-electron chi connectivity index (χ0n) is 9.04. The van der Waals surface area contributed by atoms with Crippen LogP contribution in [0.2, 0.25) is 0 Å². The highest BCUT2D eigenvalue weighted by atomic mass is 32.2. The minimum absolute atomic E-state index is 0.317. The van der Waals surface area contributed by atoms with Gasteiger partial charge in [-0.05, 0) is 18.2 Å². The fraction of sp³-hybridized carbons (Fsp3) is 0.0769. The van der Waals surface area contributed by atoms with Crippen LogP contribution in [0, 0.1) is 0 Å². The van der Waals surface area contributed by atoms with Crippen molar-refractivity contribution in [3.05, 3.63) is 54.1 Å². The van der Waals surface area contributed by atoms with Gasteiger partial charge in [0.1, 0.15) is 5.75 Å². The van der Waals surface area contributed by atoms with Gasteiger partial charge in [-0.3, -0.25) is 0 Å². The third kappa shape index (κ3) is 1.30. The van der Waals surface area contributed by atoms with Gasteiger partial charge in [-0.2, -0.15) is 0 Å². The summed E-state index contributed by atoms with van der Waals surface area (Å²) in [5.41, 5.74) is 2.48. The summed E-state index contributed by atoms with van der Waals surface area (Å²) in [5.74, 6) is 0.967. The molecule has 2 nitrogen and oxygen atoms in total. The average Bonchev–Trinajstić information content (AvgIpc) is 2.78. The number of fused-ring (bicyclic) bond motifs is 5. The summed E-state index contributed by atoms with van der Waals surface area (Å²) in [6.45, 7) is 0. The van der Waals surface area contributed by atoms with E-state index in [0.29, 0.717) is 5.37 Å². The van der Waals surface area contributed by atoms with Gasteiger partial charge in [0.25, 0.3) is 0 Å². The summed E-state index contributed by atoms with van der Waals surface area (Å²) in [5, 5.41) is 0.317. The number of para-hydroxylation sites is 2. The number of anilines is 1. The number of hydrogen-bond donors (Lipinski definition) is 0. The molecule has 0 saturated carbocycles. The van der Waals surface area contributed by atoms with E-state index in [-0.39, 0.29) is 0 Å². The summed E-state index contributed by atoms with van der Waals surface area (Å²) in [4.78, 5) is 3.51. The van der Waals surface area contributed by atoms with Crippen LogP contribution in [0.25, 0.3) is 0 Å². The molecule has 1 radical (unpaired) electrons. The van der Waals surface area contributed by atoms with Crippen LogP contribution in [-0.4, -0.2) is 7.62 Å². The number of rotatable bonds is 0. The second-order valence-corrected chi connectivity index (χ2v) is 5.23. The van der Waals surface area contributed by atoms with Gasteiger partial charge >= 0.3 is 7.62 Å². The Hall–Kier alpha value is -1.55. The van der Waals surface area contributed by atoms with Crippen molar-refractivity contribution in [3.8, 4) is 5.75 Å². The van der Waals surface area contributed by atoms with E-state index in [1.54, 1.807) is 0 Å². The van der Waals surface area contributed by atoms with Gasteiger partial charge in [-0.25, -0.2) is 0 Å². The number of benzene rings is 2. The van der Waals surface area contributed by atoms with Crippen LogP contribution in [0.4, 0.5) is 5.69 Å². The summed E-state index contributed by atoms with van der Waals surface area (Å²) in [7, 11) is 1.83. The Morgan fingerprint density at radius 1 is 1.06 bits per heavy atom. The van der Waals surface area contributed by atoms with Crippen LogP contribution in [-0.2, 0) is 0 Å². The minimum atomic E-state index is 0.317. The molecule has 17 heavy (non-hydrogen) atoms. The Labute approximate surface area is 105 Å². The highest BCUT2D eigenvalue weighted by Crippen LogP contribution is 2.53. The lowest BCUT2D eigenvalue weighted by Crippen LogP contribution is -2.35. The molecule has 0 amide bonds. The average molecular weight is 238 g/mol. The van der Waals surface area contributed by atoms with Gasteiger partial charge in [0.2, 0.25) is 0 Å². The van der Waals surface area contributed by atoms with E-state index in [1.807, 2.05) is 31.5 Å². The minimum Gasteiger partial charge on any atom is -0.543 e. The Kier molecular flexibility index (Phi) is 1.94. The highest BCUT2D eigenvalue weighted by Gasteiger charge is 2.37. The van der Waals surface area contributed by atoms with Crippen LogP contribution < -0.4 is 9.47 Å². The SMILES string of the molecule is [B]1Oc2ccccc2C2Sc3ccccc3N12. The first kappa shape index (κ1) is 9.48. The summed E-state index contributed by atoms with van der Waals surface area (Å²) in [6.07, 6.45) is 0. The molecule has 1 unspecified atom stereocenters. The van der Waals surface area contributed by atoms with Crippen LogP contribution in [0.3, 0.4) is 0 Å². The zero-order valence-corrected chi connectivity index (χ0v) is 9.85. The maximum absolute atomic E-state index is 5.68. The molecule has 0 fully saturated rings. The van der Waals surface area contributed by atoms with Crippen molar-refractivity contribution in [1.29, 1.82) is 0 Å². The first-order valence-corrected chi connectivity index (χ1v) is 6.44. The third-order valence-corrected chi connectivity index (χ3v) is 4.42. The topological polar surface area (TPSA) is 12.5 Å². The van der Waals surface area contributed by atoms with Gasteiger partial charge in [0.15, 0.2) is 0 Å². The van der Waals surface area contributed by atoms with Crippen molar-refractivity contribution in [2.45, 2.75) is 10.3 Å². The van der Waals surface area contributed by atoms with E-state index in [2.05, 4.69) is 41.2 Å². The van der Waals surface area contributed by atoms with Crippen LogP contribution in [0.5, 0.6) is 5.75 Å². The molecule has 0 aromatic heterocycles. The lowest BCUT2D eigenvalue weighted by molar-refractivity contribution is 0.556. The smallest absolute Gasteiger partial charge is 0.522 e. The van der Waals surface area contributed by atoms with Gasteiger partial charge in [0.05, 0.1) is 5.37 Å². The van der Waals surface area contributed by atoms with Gasteiger partial charge in [0, 0.05) is 16.1 Å². The first-order chi connectivity index (χ1) is 8.43. The predicted molar refractivity (Wildman–Crippen MR) is 70.3 cm³/mol.